The molecule has 1 atom stereocenters. The Bertz CT molecular complexity index is 201. The van der Waals surface area contributed by atoms with Gasteiger partial charge in [0.25, 0.3) is 0 Å². The fourth-order valence-electron chi connectivity index (χ4n) is 1.31. The van der Waals surface area contributed by atoms with Gasteiger partial charge in [0, 0.05) is 12.8 Å². The van der Waals surface area contributed by atoms with Gasteiger partial charge in [0.1, 0.15) is 5.78 Å². The van der Waals surface area contributed by atoms with Gasteiger partial charge in [-0.1, -0.05) is 24.3 Å². The van der Waals surface area contributed by atoms with Crippen molar-refractivity contribution in [1.29, 1.82) is 0 Å². The van der Waals surface area contributed by atoms with Gasteiger partial charge in [-0.3, -0.25) is 4.79 Å². The van der Waals surface area contributed by atoms with Crippen LogP contribution in [0.2, 0.25) is 0 Å². The molecule has 0 amide bonds. The minimum atomic E-state index is 0.404. The van der Waals surface area contributed by atoms with Crippen LogP contribution in [0, 0.1) is 5.92 Å². The summed E-state index contributed by atoms with van der Waals surface area (Å²) >= 11 is 0. The van der Waals surface area contributed by atoms with Gasteiger partial charge in [-0.05, 0) is 19.3 Å². The van der Waals surface area contributed by atoms with Crippen molar-refractivity contribution in [3.8, 4) is 0 Å². The van der Waals surface area contributed by atoms with E-state index in [0.29, 0.717) is 11.7 Å². The van der Waals surface area contributed by atoms with E-state index in [-0.39, 0.29) is 0 Å². The zero-order valence-electron chi connectivity index (χ0n) is 6.97. The van der Waals surface area contributed by atoms with Crippen molar-refractivity contribution in [2.45, 2.75) is 26.2 Å². The second-order valence-corrected chi connectivity index (χ2v) is 3.25. The van der Waals surface area contributed by atoms with Gasteiger partial charge in [0.15, 0.2) is 0 Å². The van der Waals surface area contributed by atoms with Gasteiger partial charge in [0.2, 0.25) is 0 Å². The highest BCUT2D eigenvalue weighted by atomic mass is 16.1. The van der Waals surface area contributed by atoms with Gasteiger partial charge in [0.05, 0.1) is 0 Å². The van der Waals surface area contributed by atoms with Gasteiger partial charge in [-0.25, -0.2) is 0 Å². The van der Waals surface area contributed by atoms with Crippen LogP contribution in [0.3, 0.4) is 0 Å². The quantitative estimate of drug-likeness (QED) is 0.553. The van der Waals surface area contributed by atoms with Gasteiger partial charge < -0.3 is 0 Å². The second-order valence-electron chi connectivity index (χ2n) is 3.25. The molecule has 0 heterocycles. The third-order valence-electron chi connectivity index (χ3n) is 1.94. The van der Waals surface area contributed by atoms with Crippen LogP contribution in [0.25, 0.3) is 0 Å². The van der Waals surface area contributed by atoms with E-state index in [0.717, 1.165) is 24.8 Å². The average Bonchev–Trinajstić information content (AvgIpc) is 2.31. The molecule has 1 heteroatoms. The Balaban J connectivity index is 2.39. The Morgan fingerprint density at radius 1 is 1.73 bits per heavy atom. The molecule has 1 saturated carbocycles. The Morgan fingerprint density at radius 2 is 2.45 bits per heavy atom. The molecular formula is C10H14O. The molecule has 1 nitrogen and oxygen atoms in total. The van der Waals surface area contributed by atoms with E-state index in [1.54, 1.807) is 0 Å². The van der Waals surface area contributed by atoms with Crippen LogP contribution in [0.15, 0.2) is 24.3 Å². The minimum absolute atomic E-state index is 0.404. The summed E-state index contributed by atoms with van der Waals surface area (Å²) in [7, 11) is 0. The molecule has 60 valence electrons. The molecule has 0 radical (unpaired) electrons. The maximum absolute atomic E-state index is 10.8. The van der Waals surface area contributed by atoms with Crippen LogP contribution in [-0.2, 0) is 4.79 Å². The van der Waals surface area contributed by atoms with Crippen molar-refractivity contribution in [3.05, 3.63) is 24.3 Å². The summed E-state index contributed by atoms with van der Waals surface area (Å²) in [5.74, 6) is 0.889. The molecule has 0 bridgehead atoms. The largest absolute Gasteiger partial charge is 0.300 e. The maximum Gasteiger partial charge on any atom is 0.133 e. The SMILES string of the molecule is C=C(C)/C=C/C1CCC(=O)C1. The Kier molecular flexibility index (Phi) is 2.64. The summed E-state index contributed by atoms with van der Waals surface area (Å²) in [4.78, 5) is 10.8. The zero-order valence-corrected chi connectivity index (χ0v) is 6.97. The highest BCUT2D eigenvalue weighted by Gasteiger charge is 2.18. The summed E-state index contributed by atoms with van der Waals surface area (Å²) in [6, 6.07) is 0. The van der Waals surface area contributed by atoms with Crippen LogP contribution < -0.4 is 0 Å². The first-order valence-electron chi connectivity index (χ1n) is 4.04. The third-order valence-corrected chi connectivity index (χ3v) is 1.94. The van der Waals surface area contributed by atoms with Gasteiger partial charge in [-0.15, -0.1) is 0 Å². The number of carbonyl (C=O) groups excluding carboxylic acids is 1. The van der Waals surface area contributed by atoms with E-state index >= 15 is 0 Å². The predicted molar refractivity (Wildman–Crippen MR) is 46.3 cm³/mol. The van der Waals surface area contributed by atoms with Gasteiger partial charge >= 0.3 is 0 Å². The molecule has 0 saturated heterocycles. The van der Waals surface area contributed by atoms with Crippen molar-refractivity contribution in [2.24, 2.45) is 5.92 Å². The fourth-order valence-corrected chi connectivity index (χ4v) is 1.31. The number of hydrogen-bond acceptors (Lipinski definition) is 1. The van der Waals surface area contributed by atoms with E-state index in [1.165, 1.54) is 0 Å². The van der Waals surface area contributed by atoms with E-state index in [1.807, 2.05) is 13.0 Å². The molecule has 0 aromatic heterocycles. The molecule has 1 aliphatic rings. The number of rotatable bonds is 2. The fraction of sp³-hybridized carbons (Fsp3) is 0.500. The molecular weight excluding hydrogens is 136 g/mol. The summed E-state index contributed by atoms with van der Waals surface area (Å²) in [6.45, 7) is 5.73. The molecule has 1 rings (SSSR count). The topological polar surface area (TPSA) is 17.1 Å². The van der Waals surface area contributed by atoms with E-state index < -0.39 is 0 Å². The molecule has 0 N–H and O–H groups in total. The van der Waals surface area contributed by atoms with Crippen molar-refractivity contribution < 1.29 is 4.79 Å². The van der Waals surface area contributed by atoms with E-state index in [4.69, 9.17) is 0 Å². The van der Waals surface area contributed by atoms with E-state index in [9.17, 15) is 4.79 Å². The Hall–Kier alpha value is -0.850. The summed E-state index contributed by atoms with van der Waals surface area (Å²) in [5.41, 5.74) is 1.06. The van der Waals surface area contributed by atoms with Crippen molar-refractivity contribution in [3.63, 3.8) is 0 Å². The normalized spacial score (nSPS) is 24.8. The lowest BCUT2D eigenvalue weighted by molar-refractivity contribution is -0.117. The average molecular weight is 150 g/mol. The second kappa shape index (κ2) is 3.51. The lowest BCUT2D eigenvalue weighted by Crippen LogP contribution is -1.89. The van der Waals surface area contributed by atoms with Crippen LogP contribution >= 0.6 is 0 Å². The monoisotopic (exact) mass is 150 g/mol. The lowest BCUT2D eigenvalue weighted by atomic mass is 10.1. The first-order valence-corrected chi connectivity index (χ1v) is 4.04. The molecule has 0 spiro atoms. The maximum atomic E-state index is 10.8. The standard InChI is InChI=1S/C10H14O/c1-8(2)3-4-9-5-6-10(11)7-9/h3-4,9H,1,5-7H2,2H3/b4-3+. The smallest absolute Gasteiger partial charge is 0.133 e. The molecule has 11 heavy (non-hydrogen) atoms. The van der Waals surface area contributed by atoms with Crippen LogP contribution in [-0.4, -0.2) is 5.78 Å². The number of Topliss-reactive ketones (excluding diaryl/α,β-unsaturated/α-hetero) is 1. The first kappa shape index (κ1) is 8.25. The predicted octanol–water partition coefficient (Wildman–Crippen LogP) is 2.49. The zero-order chi connectivity index (χ0) is 8.27. The summed E-state index contributed by atoms with van der Waals surface area (Å²) in [6.07, 6.45) is 6.65. The molecule has 1 unspecified atom stereocenters. The molecule has 0 aliphatic heterocycles. The lowest BCUT2D eigenvalue weighted by Gasteiger charge is -1.97. The van der Waals surface area contributed by atoms with Crippen molar-refractivity contribution in [2.75, 3.05) is 0 Å². The number of carbonyl (C=O) groups is 1. The van der Waals surface area contributed by atoms with Crippen LogP contribution in [0.5, 0.6) is 0 Å². The van der Waals surface area contributed by atoms with Crippen LogP contribution in [0.4, 0.5) is 0 Å². The highest BCUT2D eigenvalue weighted by Crippen LogP contribution is 2.23. The molecule has 0 aromatic carbocycles. The van der Waals surface area contributed by atoms with Gasteiger partial charge in [-0.2, -0.15) is 0 Å². The van der Waals surface area contributed by atoms with Crippen molar-refractivity contribution in [1.82, 2.24) is 0 Å². The number of ketones is 1. The van der Waals surface area contributed by atoms with Crippen molar-refractivity contribution >= 4 is 5.78 Å². The van der Waals surface area contributed by atoms with Crippen LogP contribution in [0.1, 0.15) is 26.2 Å². The minimum Gasteiger partial charge on any atom is -0.300 e. The number of allylic oxidation sites excluding steroid dienone is 3. The Labute approximate surface area is 67.8 Å². The molecule has 0 aromatic rings. The first-order chi connectivity index (χ1) is 5.18. The molecule has 1 aliphatic carbocycles. The highest BCUT2D eigenvalue weighted by molar-refractivity contribution is 5.80. The Morgan fingerprint density at radius 3 is 2.91 bits per heavy atom. The van der Waals surface area contributed by atoms with E-state index in [2.05, 4.69) is 12.7 Å². The summed E-state index contributed by atoms with van der Waals surface area (Å²) in [5, 5.41) is 0. The number of hydrogen-bond donors (Lipinski definition) is 0. The summed E-state index contributed by atoms with van der Waals surface area (Å²) < 4.78 is 0. The third kappa shape index (κ3) is 2.71. The molecule has 1 fully saturated rings.